The van der Waals surface area contributed by atoms with Gasteiger partial charge in [-0.05, 0) is 25.3 Å². The van der Waals surface area contributed by atoms with E-state index in [0.29, 0.717) is 5.95 Å². The molecule has 1 unspecified atom stereocenters. The van der Waals surface area contributed by atoms with Gasteiger partial charge >= 0.3 is 5.97 Å². The molecule has 3 heterocycles. The van der Waals surface area contributed by atoms with Crippen molar-refractivity contribution >= 4 is 17.7 Å². The highest BCUT2D eigenvalue weighted by atomic mass is 16.4. The van der Waals surface area contributed by atoms with E-state index in [4.69, 9.17) is 5.11 Å². The molecule has 2 aliphatic heterocycles. The van der Waals surface area contributed by atoms with Gasteiger partial charge in [-0.15, -0.1) is 0 Å². The maximum Gasteiger partial charge on any atom is 0.317 e. The number of anilines is 2. The third kappa shape index (κ3) is 4.54. The fourth-order valence-electron chi connectivity index (χ4n) is 3.36. The minimum absolute atomic E-state index is 0.104. The van der Waals surface area contributed by atoms with Crippen molar-refractivity contribution in [1.82, 2.24) is 14.9 Å². The fraction of sp³-hybridized carbons (Fsp3) is 0.688. The van der Waals surface area contributed by atoms with Crippen LogP contribution in [0.2, 0.25) is 0 Å². The molecule has 0 spiro atoms. The number of carboxylic acid groups (broad SMARTS) is 1. The summed E-state index contributed by atoms with van der Waals surface area (Å²) in [6.45, 7) is 3.75. The predicted molar refractivity (Wildman–Crippen MR) is 88.8 cm³/mol. The maximum absolute atomic E-state index is 10.8. The first-order valence-corrected chi connectivity index (χ1v) is 8.49. The van der Waals surface area contributed by atoms with Gasteiger partial charge < -0.3 is 15.3 Å². The van der Waals surface area contributed by atoms with E-state index in [9.17, 15) is 4.79 Å². The largest absolute Gasteiger partial charge is 0.480 e. The van der Waals surface area contributed by atoms with Crippen LogP contribution < -0.4 is 10.2 Å². The Bertz CT molecular complexity index is 531. The molecule has 1 atom stereocenters. The molecule has 1 aromatic rings. The summed E-state index contributed by atoms with van der Waals surface area (Å²) >= 11 is 0. The number of hydrogen-bond acceptors (Lipinski definition) is 6. The van der Waals surface area contributed by atoms with Crippen LogP contribution in [0.25, 0.3) is 0 Å². The minimum Gasteiger partial charge on any atom is -0.480 e. The molecule has 0 radical (unpaired) electrons. The molecular weight excluding hydrogens is 294 g/mol. The zero-order valence-corrected chi connectivity index (χ0v) is 13.4. The number of nitrogens with zero attached hydrogens (tertiary/aromatic N) is 4. The molecule has 2 fully saturated rings. The molecular formula is C16H25N5O2. The number of rotatable bonds is 5. The monoisotopic (exact) mass is 319 g/mol. The van der Waals surface area contributed by atoms with Crippen LogP contribution in [0.3, 0.4) is 0 Å². The summed E-state index contributed by atoms with van der Waals surface area (Å²) in [7, 11) is 0. The van der Waals surface area contributed by atoms with E-state index in [0.717, 1.165) is 38.4 Å². The Morgan fingerprint density at radius 3 is 2.78 bits per heavy atom. The van der Waals surface area contributed by atoms with E-state index >= 15 is 0 Å². The van der Waals surface area contributed by atoms with E-state index in [1.807, 2.05) is 11.0 Å². The molecule has 0 bridgehead atoms. The highest BCUT2D eigenvalue weighted by molar-refractivity contribution is 5.69. The molecule has 2 aliphatic rings. The lowest BCUT2D eigenvalue weighted by atomic mass is 10.2. The molecule has 7 heteroatoms. The lowest BCUT2D eigenvalue weighted by Gasteiger charge is -2.22. The third-order valence-electron chi connectivity index (χ3n) is 4.54. The van der Waals surface area contributed by atoms with Crippen LogP contribution in [0.1, 0.15) is 32.1 Å². The number of carboxylic acids is 1. The highest BCUT2D eigenvalue weighted by Gasteiger charge is 2.24. The first kappa shape index (κ1) is 16.0. The number of nitrogens with one attached hydrogen (secondary N) is 1. The van der Waals surface area contributed by atoms with Gasteiger partial charge in [-0.25, -0.2) is 4.98 Å². The second-order valence-electron chi connectivity index (χ2n) is 6.40. The second-order valence-corrected chi connectivity index (χ2v) is 6.40. The summed E-state index contributed by atoms with van der Waals surface area (Å²) in [4.78, 5) is 24.0. The maximum atomic E-state index is 10.8. The summed E-state index contributed by atoms with van der Waals surface area (Å²) < 4.78 is 0. The van der Waals surface area contributed by atoms with E-state index in [-0.39, 0.29) is 12.6 Å². The number of hydrogen-bond donors (Lipinski definition) is 2. The van der Waals surface area contributed by atoms with Crippen molar-refractivity contribution in [3.63, 3.8) is 0 Å². The van der Waals surface area contributed by atoms with Crippen LogP contribution in [0.5, 0.6) is 0 Å². The molecule has 0 aliphatic carbocycles. The molecule has 0 saturated carbocycles. The average Bonchev–Trinajstić information content (AvgIpc) is 2.79. The topological polar surface area (TPSA) is 81.6 Å². The highest BCUT2D eigenvalue weighted by Crippen LogP contribution is 2.19. The predicted octanol–water partition coefficient (Wildman–Crippen LogP) is 1.43. The van der Waals surface area contributed by atoms with Crippen LogP contribution in [-0.4, -0.2) is 64.7 Å². The number of aliphatic carboxylic acids is 1. The molecule has 2 N–H and O–H groups in total. The van der Waals surface area contributed by atoms with E-state index in [1.165, 1.54) is 25.7 Å². The average molecular weight is 319 g/mol. The lowest BCUT2D eigenvalue weighted by molar-refractivity contribution is -0.138. The summed E-state index contributed by atoms with van der Waals surface area (Å²) in [5.41, 5.74) is 0. The second kappa shape index (κ2) is 7.59. The molecule has 2 saturated heterocycles. The lowest BCUT2D eigenvalue weighted by Crippen LogP contribution is -2.31. The van der Waals surface area contributed by atoms with Crippen molar-refractivity contribution in [3.8, 4) is 0 Å². The molecule has 3 rings (SSSR count). The van der Waals surface area contributed by atoms with Crippen LogP contribution in [0, 0.1) is 0 Å². The van der Waals surface area contributed by atoms with Gasteiger partial charge in [0.25, 0.3) is 0 Å². The summed E-state index contributed by atoms with van der Waals surface area (Å²) in [5, 5.41) is 12.2. The number of aromatic nitrogens is 2. The van der Waals surface area contributed by atoms with Crippen molar-refractivity contribution in [2.45, 2.75) is 38.1 Å². The zero-order valence-electron chi connectivity index (χ0n) is 13.4. The third-order valence-corrected chi connectivity index (χ3v) is 4.54. The Kier molecular flexibility index (Phi) is 5.27. The SMILES string of the molecule is O=C(O)CN1CCC(Nc2nccc(N3CCCCCC3)n2)C1. The standard InChI is InChI=1S/C16H25N5O2/c22-15(23)12-20-10-6-13(11-20)18-16-17-7-5-14(19-16)21-8-3-1-2-4-9-21/h5,7,13H,1-4,6,8-12H2,(H,22,23)(H,17,18,19). The van der Waals surface area contributed by atoms with Gasteiger partial charge in [-0.1, -0.05) is 12.8 Å². The van der Waals surface area contributed by atoms with Gasteiger partial charge in [0.15, 0.2) is 0 Å². The van der Waals surface area contributed by atoms with E-state index < -0.39 is 5.97 Å². The van der Waals surface area contributed by atoms with Crippen LogP contribution in [0.4, 0.5) is 11.8 Å². The Hall–Kier alpha value is -1.89. The molecule has 1 aromatic heterocycles. The Morgan fingerprint density at radius 1 is 1.26 bits per heavy atom. The van der Waals surface area contributed by atoms with Gasteiger partial charge in [-0.2, -0.15) is 4.98 Å². The van der Waals surface area contributed by atoms with Gasteiger partial charge in [-0.3, -0.25) is 9.69 Å². The van der Waals surface area contributed by atoms with Crippen molar-refractivity contribution in [3.05, 3.63) is 12.3 Å². The van der Waals surface area contributed by atoms with Crippen molar-refractivity contribution in [1.29, 1.82) is 0 Å². The molecule has 126 valence electrons. The van der Waals surface area contributed by atoms with E-state index in [1.54, 1.807) is 6.20 Å². The summed E-state index contributed by atoms with van der Waals surface area (Å²) in [6, 6.07) is 2.19. The number of likely N-dealkylation sites (tertiary alicyclic amines) is 1. The van der Waals surface area contributed by atoms with Gasteiger partial charge in [0, 0.05) is 38.4 Å². The molecule has 0 amide bonds. The quantitative estimate of drug-likeness (QED) is 0.849. The first-order chi connectivity index (χ1) is 11.2. The van der Waals surface area contributed by atoms with Crippen LogP contribution in [-0.2, 0) is 4.79 Å². The first-order valence-electron chi connectivity index (χ1n) is 8.49. The van der Waals surface area contributed by atoms with Gasteiger partial charge in [0.05, 0.1) is 6.54 Å². The number of carbonyl (C=O) groups is 1. The molecule has 23 heavy (non-hydrogen) atoms. The van der Waals surface area contributed by atoms with E-state index in [2.05, 4.69) is 20.2 Å². The Morgan fingerprint density at radius 2 is 2.04 bits per heavy atom. The van der Waals surface area contributed by atoms with Crippen LogP contribution in [0.15, 0.2) is 12.3 Å². The van der Waals surface area contributed by atoms with Crippen molar-refractivity contribution in [2.24, 2.45) is 0 Å². The zero-order chi connectivity index (χ0) is 16.1. The summed E-state index contributed by atoms with van der Waals surface area (Å²) in [6.07, 6.45) is 7.77. The normalized spacial score (nSPS) is 22.8. The molecule has 0 aromatic carbocycles. The Balaban J connectivity index is 1.58. The Labute approximate surface area is 136 Å². The molecule has 7 nitrogen and oxygen atoms in total. The fourth-order valence-corrected chi connectivity index (χ4v) is 3.36. The van der Waals surface area contributed by atoms with Gasteiger partial charge in [0.1, 0.15) is 5.82 Å². The smallest absolute Gasteiger partial charge is 0.317 e. The summed E-state index contributed by atoms with van der Waals surface area (Å²) in [5.74, 6) is 0.865. The van der Waals surface area contributed by atoms with Crippen LogP contribution >= 0.6 is 0 Å². The van der Waals surface area contributed by atoms with Crippen molar-refractivity contribution < 1.29 is 9.90 Å². The van der Waals surface area contributed by atoms with Gasteiger partial charge in [0.2, 0.25) is 5.95 Å². The minimum atomic E-state index is -0.773. The van der Waals surface area contributed by atoms with Crippen molar-refractivity contribution in [2.75, 3.05) is 42.9 Å².